The molecule has 1 N–H and O–H groups in total. The van der Waals surface area contributed by atoms with Crippen LogP contribution in [0.2, 0.25) is 0 Å². The maximum absolute atomic E-state index is 12.0. The molecular weight excluding hydrogens is 266 g/mol. The number of ether oxygens (including phenoxy) is 2. The Hall–Kier alpha value is -1.71. The van der Waals surface area contributed by atoms with Crippen LogP contribution in [0.5, 0.6) is 11.5 Å². The van der Waals surface area contributed by atoms with Crippen molar-refractivity contribution >= 4 is 5.91 Å². The lowest BCUT2D eigenvalue weighted by Gasteiger charge is -2.22. The molecule has 21 heavy (non-hydrogen) atoms. The molecule has 0 bridgehead atoms. The van der Waals surface area contributed by atoms with Crippen LogP contribution < -0.4 is 14.8 Å². The molecule has 1 fully saturated rings. The van der Waals surface area contributed by atoms with Crippen LogP contribution in [0.4, 0.5) is 0 Å². The Kier molecular flexibility index (Phi) is 4.63. The van der Waals surface area contributed by atoms with Gasteiger partial charge in [-0.3, -0.25) is 4.79 Å². The van der Waals surface area contributed by atoms with Crippen LogP contribution in [0.3, 0.4) is 0 Å². The van der Waals surface area contributed by atoms with Gasteiger partial charge in [0.15, 0.2) is 11.5 Å². The minimum atomic E-state index is 0.0947. The summed E-state index contributed by atoms with van der Waals surface area (Å²) in [4.78, 5) is 12.0. The van der Waals surface area contributed by atoms with Crippen molar-refractivity contribution in [2.24, 2.45) is 5.92 Å². The van der Waals surface area contributed by atoms with Crippen molar-refractivity contribution in [2.75, 3.05) is 19.8 Å². The molecule has 4 nitrogen and oxygen atoms in total. The van der Waals surface area contributed by atoms with Gasteiger partial charge in [0, 0.05) is 6.54 Å². The molecule has 2 aliphatic rings. The highest BCUT2D eigenvalue weighted by atomic mass is 16.6. The third-order valence-electron chi connectivity index (χ3n) is 4.28. The molecule has 0 aromatic heterocycles. The Bertz CT molecular complexity index is 495. The number of hydrogen-bond acceptors (Lipinski definition) is 3. The number of hydrogen-bond donors (Lipinski definition) is 1. The van der Waals surface area contributed by atoms with Gasteiger partial charge in [0.05, 0.1) is 6.42 Å². The molecular formula is C17H23NO3. The van der Waals surface area contributed by atoms with Crippen LogP contribution in [0.1, 0.15) is 37.7 Å². The molecule has 1 aromatic rings. The Morgan fingerprint density at radius 2 is 1.86 bits per heavy atom. The fourth-order valence-electron chi connectivity index (χ4n) is 3.10. The molecule has 1 amide bonds. The summed E-state index contributed by atoms with van der Waals surface area (Å²) in [6, 6.07) is 5.74. The van der Waals surface area contributed by atoms with Gasteiger partial charge in [-0.05, 0) is 36.5 Å². The molecule has 1 heterocycles. The highest BCUT2D eigenvalue weighted by Gasteiger charge is 2.16. The standard InChI is InChI=1S/C17H23NO3/c19-17(18-12-13-4-2-1-3-5-13)11-14-6-7-15-16(10-14)21-9-8-20-15/h6-7,10,13H,1-5,8-9,11-12H2,(H,18,19). The van der Waals surface area contributed by atoms with Crippen molar-refractivity contribution in [3.63, 3.8) is 0 Å². The number of fused-ring (bicyclic) bond motifs is 1. The van der Waals surface area contributed by atoms with Crippen LogP contribution >= 0.6 is 0 Å². The Morgan fingerprint density at radius 3 is 2.67 bits per heavy atom. The van der Waals surface area contributed by atoms with E-state index >= 15 is 0 Å². The molecule has 4 heteroatoms. The average molecular weight is 289 g/mol. The smallest absolute Gasteiger partial charge is 0.224 e. The van der Waals surface area contributed by atoms with Crippen LogP contribution in [0, 0.1) is 5.92 Å². The van der Waals surface area contributed by atoms with Crippen LogP contribution in [-0.2, 0) is 11.2 Å². The molecule has 0 unspecified atom stereocenters. The van der Waals surface area contributed by atoms with Gasteiger partial charge in [-0.2, -0.15) is 0 Å². The van der Waals surface area contributed by atoms with E-state index in [0.717, 1.165) is 23.6 Å². The lowest BCUT2D eigenvalue weighted by molar-refractivity contribution is -0.120. The first-order valence-electron chi connectivity index (χ1n) is 7.96. The summed E-state index contributed by atoms with van der Waals surface area (Å²) >= 11 is 0. The number of benzene rings is 1. The zero-order valence-corrected chi connectivity index (χ0v) is 12.4. The van der Waals surface area contributed by atoms with E-state index in [0.29, 0.717) is 25.6 Å². The lowest BCUT2D eigenvalue weighted by Crippen LogP contribution is -2.31. The zero-order chi connectivity index (χ0) is 14.5. The van der Waals surface area contributed by atoms with E-state index in [1.165, 1.54) is 32.1 Å². The van der Waals surface area contributed by atoms with Crippen molar-refractivity contribution < 1.29 is 14.3 Å². The van der Waals surface area contributed by atoms with Crippen LogP contribution in [0.15, 0.2) is 18.2 Å². The van der Waals surface area contributed by atoms with Gasteiger partial charge in [0.1, 0.15) is 13.2 Å². The predicted molar refractivity (Wildman–Crippen MR) is 80.7 cm³/mol. The van der Waals surface area contributed by atoms with Crippen molar-refractivity contribution in [3.8, 4) is 11.5 Å². The summed E-state index contributed by atoms with van der Waals surface area (Å²) in [6.45, 7) is 1.99. The number of amides is 1. The minimum absolute atomic E-state index is 0.0947. The molecule has 3 rings (SSSR count). The van der Waals surface area contributed by atoms with Crippen molar-refractivity contribution in [1.82, 2.24) is 5.32 Å². The summed E-state index contributed by atoms with van der Waals surface area (Å²) in [6.07, 6.45) is 6.88. The molecule has 0 atom stereocenters. The SMILES string of the molecule is O=C(Cc1ccc2c(c1)OCCO2)NCC1CCCCC1. The topological polar surface area (TPSA) is 47.6 Å². The number of rotatable bonds is 4. The summed E-state index contributed by atoms with van der Waals surface area (Å²) in [5.41, 5.74) is 0.973. The number of carbonyl (C=O) groups is 1. The van der Waals surface area contributed by atoms with Crippen molar-refractivity contribution in [3.05, 3.63) is 23.8 Å². The first-order chi connectivity index (χ1) is 10.3. The monoisotopic (exact) mass is 289 g/mol. The molecule has 114 valence electrons. The van der Waals surface area contributed by atoms with Gasteiger partial charge in [0.2, 0.25) is 5.91 Å². The average Bonchev–Trinajstić information content (AvgIpc) is 2.54. The van der Waals surface area contributed by atoms with Gasteiger partial charge in [-0.25, -0.2) is 0 Å². The van der Waals surface area contributed by atoms with Gasteiger partial charge in [-0.15, -0.1) is 0 Å². The number of carbonyl (C=O) groups excluding carboxylic acids is 1. The largest absolute Gasteiger partial charge is 0.486 e. The molecule has 0 radical (unpaired) electrons. The van der Waals surface area contributed by atoms with Gasteiger partial charge in [-0.1, -0.05) is 25.3 Å². The van der Waals surface area contributed by atoms with E-state index in [4.69, 9.17) is 9.47 Å². The van der Waals surface area contributed by atoms with Gasteiger partial charge >= 0.3 is 0 Å². The van der Waals surface area contributed by atoms with Gasteiger partial charge < -0.3 is 14.8 Å². The van der Waals surface area contributed by atoms with E-state index < -0.39 is 0 Å². The maximum atomic E-state index is 12.0. The van der Waals surface area contributed by atoms with Gasteiger partial charge in [0.25, 0.3) is 0 Å². The predicted octanol–water partition coefficient (Wildman–Crippen LogP) is 2.70. The quantitative estimate of drug-likeness (QED) is 0.927. The Morgan fingerprint density at radius 1 is 1.10 bits per heavy atom. The summed E-state index contributed by atoms with van der Waals surface area (Å²) in [5, 5.41) is 3.07. The molecule has 1 aromatic carbocycles. The fourth-order valence-corrected chi connectivity index (χ4v) is 3.10. The van der Waals surface area contributed by atoms with Crippen molar-refractivity contribution in [2.45, 2.75) is 38.5 Å². The zero-order valence-electron chi connectivity index (χ0n) is 12.4. The molecule has 1 aliphatic heterocycles. The van der Waals surface area contributed by atoms with Crippen LogP contribution in [-0.4, -0.2) is 25.7 Å². The minimum Gasteiger partial charge on any atom is -0.486 e. The van der Waals surface area contributed by atoms with Crippen molar-refractivity contribution in [1.29, 1.82) is 0 Å². The Labute approximate surface area is 125 Å². The van der Waals surface area contributed by atoms with E-state index in [1.807, 2.05) is 18.2 Å². The summed E-state index contributed by atoms with van der Waals surface area (Å²) in [5.74, 6) is 2.28. The van der Waals surface area contributed by atoms with E-state index in [9.17, 15) is 4.79 Å². The molecule has 0 saturated heterocycles. The highest BCUT2D eigenvalue weighted by molar-refractivity contribution is 5.78. The normalized spacial score (nSPS) is 18.3. The molecule has 0 spiro atoms. The lowest BCUT2D eigenvalue weighted by atomic mass is 9.89. The molecule has 1 aliphatic carbocycles. The summed E-state index contributed by atoms with van der Waals surface area (Å²) in [7, 11) is 0. The van der Waals surface area contributed by atoms with E-state index in [-0.39, 0.29) is 5.91 Å². The second kappa shape index (κ2) is 6.83. The second-order valence-electron chi connectivity index (χ2n) is 5.96. The first kappa shape index (κ1) is 14.2. The first-order valence-corrected chi connectivity index (χ1v) is 7.96. The highest BCUT2D eigenvalue weighted by Crippen LogP contribution is 2.30. The molecule has 1 saturated carbocycles. The number of nitrogens with one attached hydrogen (secondary N) is 1. The fraction of sp³-hybridized carbons (Fsp3) is 0.588. The van der Waals surface area contributed by atoms with Crippen LogP contribution in [0.25, 0.3) is 0 Å². The maximum Gasteiger partial charge on any atom is 0.224 e. The van der Waals surface area contributed by atoms with E-state index in [2.05, 4.69) is 5.32 Å². The summed E-state index contributed by atoms with van der Waals surface area (Å²) < 4.78 is 11.0. The second-order valence-corrected chi connectivity index (χ2v) is 5.96. The third-order valence-corrected chi connectivity index (χ3v) is 4.28. The van der Waals surface area contributed by atoms with E-state index in [1.54, 1.807) is 0 Å². The third kappa shape index (κ3) is 3.90. The Balaban J connectivity index is 1.50.